The minimum atomic E-state index is 1.06. The highest BCUT2D eigenvalue weighted by Gasteiger charge is 2.10. The van der Waals surface area contributed by atoms with E-state index in [2.05, 4.69) is 57.9 Å². The van der Waals surface area contributed by atoms with Crippen LogP contribution in [0.4, 0.5) is 0 Å². The van der Waals surface area contributed by atoms with E-state index in [0.29, 0.717) is 0 Å². The zero-order valence-electron chi connectivity index (χ0n) is 14.8. The van der Waals surface area contributed by atoms with Gasteiger partial charge in [0.2, 0.25) is 0 Å². The van der Waals surface area contributed by atoms with E-state index in [0.717, 1.165) is 17.6 Å². The van der Waals surface area contributed by atoms with Crippen molar-refractivity contribution in [1.82, 2.24) is 0 Å². The predicted octanol–water partition coefficient (Wildman–Crippen LogP) is 6.37. The third-order valence-electron chi connectivity index (χ3n) is 4.21. The van der Waals surface area contributed by atoms with E-state index in [1.54, 1.807) is 11.1 Å². The van der Waals surface area contributed by atoms with Crippen LogP contribution in [-0.4, -0.2) is 0 Å². The number of allylic oxidation sites excluding steroid dienone is 4. The Balaban J connectivity index is 0.000000255. The first-order valence-corrected chi connectivity index (χ1v) is 8.45. The topological polar surface area (TPSA) is 0 Å². The van der Waals surface area contributed by atoms with Crippen molar-refractivity contribution in [3.8, 4) is 0 Å². The summed E-state index contributed by atoms with van der Waals surface area (Å²) in [5, 5.41) is 0. The molecule has 0 saturated heterocycles. The van der Waals surface area contributed by atoms with Crippen molar-refractivity contribution < 1.29 is 0 Å². The van der Waals surface area contributed by atoms with E-state index in [1.165, 1.54) is 36.8 Å². The molecule has 1 aromatic rings. The van der Waals surface area contributed by atoms with Crippen molar-refractivity contribution in [2.24, 2.45) is 0 Å². The molecule has 2 rings (SSSR count). The zero-order chi connectivity index (χ0) is 16.5. The van der Waals surface area contributed by atoms with Crippen molar-refractivity contribution in [3.05, 3.63) is 76.6 Å². The van der Waals surface area contributed by atoms with E-state index >= 15 is 0 Å². The minimum absolute atomic E-state index is 1.06. The van der Waals surface area contributed by atoms with Crippen LogP contribution in [0.25, 0.3) is 0 Å². The van der Waals surface area contributed by atoms with Gasteiger partial charge in [0.25, 0.3) is 0 Å². The molecule has 0 aliphatic heterocycles. The average Bonchev–Trinajstić information content (AvgIpc) is 2.57. The Hall–Kier alpha value is -1.78. The molecule has 0 amide bonds. The molecule has 1 aliphatic rings. The summed E-state index contributed by atoms with van der Waals surface area (Å²) in [5.74, 6) is 0. The second-order valence-corrected chi connectivity index (χ2v) is 5.81. The quantitative estimate of drug-likeness (QED) is 0.554. The first-order chi connectivity index (χ1) is 10.6. The Morgan fingerprint density at radius 1 is 1.05 bits per heavy atom. The van der Waals surface area contributed by atoms with Crippen molar-refractivity contribution in [2.45, 2.75) is 59.8 Å². The lowest BCUT2D eigenvalue weighted by molar-refractivity contribution is 0.786. The second-order valence-electron chi connectivity index (χ2n) is 5.81. The predicted molar refractivity (Wildman–Crippen MR) is 99.4 cm³/mol. The summed E-state index contributed by atoms with van der Waals surface area (Å²) in [6.07, 6.45) is 8.21. The Morgan fingerprint density at radius 3 is 2.18 bits per heavy atom. The maximum Gasteiger partial charge on any atom is 0.0230 e. The monoisotopic (exact) mass is 294 g/mol. The van der Waals surface area contributed by atoms with Gasteiger partial charge in [-0.05, 0) is 66.5 Å². The van der Waals surface area contributed by atoms with Crippen LogP contribution in [0, 0.1) is 0 Å². The zero-order valence-corrected chi connectivity index (χ0v) is 14.8. The van der Waals surface area contributed by atoms with Crippen LogP contribution < -0.4 is 0 Å². The maximum absolute atomic E-state index is 3.79. The van der Waals surface area contributed by atoms with Gasteiger partial charge in [-0.3, -0.25) is 0 Å². The van der Waals surface area contributed by atoms with E-state index in [9.17, 15) is 0 Å². The highest BCUT2D eigenvalue weighted by Crippen LogP contribution is 2.28. The molecular weight excluding hydrogens is 264 g/mol. The molecule has 1 aromatic carbocycles. The van der Waals surface area contributed by atoms with Crippen LogP contribution in [0.15, 0.2) is 59.9 Å². The molecule has 0 radical (unpaired) electrons. The smallest absolute Gasteiger partial charge is 0.0230 e. The lowest BCUT2D eigenvalue weighted by atomic mass is 9.89. The molecule has 0 bridgehead atoms. The normalized spacial score (nSPS) is 12.8. The number of hydrogen-bond acceptors (Lipinski definition) is 0. The van der Waals surface area contributed by atoms with Gasteiger partial charge in [0, 0.05) is 5.57 Å². The summed E-state index contributed by atoms with van der Waals surface area (Å²) in [6, 6.07) is 6.99. The summed E-state index contributed by atoms with van der Waals surface area (Å²) >= 11 is 0. The molecule has 0 heteroatoms. The lowest BCUT2D eigenvalue weighted by Crippen LogP contribution is -1.96. The Kier molecular flexibility index (Phi) is 7.71. The van der Waals surface area contributed by atoms with Gasteiger partial charge >= 0.3 is 0 Å². The third kappa shape index (κ3) is 4.90. The molecule has 0 N–H and O–H groups in total. The van der Waals surface area contributed by atoms with Crippen LogP contribution in [-0.2, 0) is 19.3 Å². The van der Waals surface area contributed by atoms with Gasteiger partial charge in [-0.15, -0.1) is 5.73 Å². The van der Waals surface area contributed by atoms with E-state index in [4.69, 9.17) is 0 Å². The Morgan fingerprint density at radius 2 is 1.77 bits per heavy atom. The summed E-state index contributed by atoms with van der Waals surface area (Å²) in [4.78, 5) is 0. The molecule has 0 unspecified atom stereocenters. The number of aryl methyl sites for hydroxylation is 3. The van der Waals surface area contributed by atoms with Crippen LogP contribution in [0.3, 0.4) is 0 Å². The molecule has 1 aliphatic carbocycles. The fourth-order valence-electron chi connectivity index (χ4n) is 2.52. The van der Waals surface area contributed by atoms with Gasteiger partial charge in [-0.25, -0.2) is 0 Å². The molecule has 0 nitrogen and oxygen atoms in total. The summed E-state index contributed by atoms with van der Waals surface area (Å²) < 4.78 is 0. The summed E-state index contributed by atoms with van der Waals surface area (Å²) in [7, 11) is 0. The van der Waals surface area contributed by atoms with Gasteiger partial charge < -0.3 is 0 Å². The van der Waals surface area contributed by atoms with Crippen LogP contribution >= 0.6 is 0 Å². The van der Waals surface area contributed by atoms with Crippen molar-refractivity contribution in [2.75, 3.05) is 0 Å². The number of unbranched alkanes of at least 4 members (excludes halogenated alkanes) is 1. The van der Waals surface area contributed by atoms with Crippen LogP contribution in [0.2, 0.25) is 0 Å². The van der Waals surface area contributed by atoms with E-state index in [-0.39, 0.29) is 0 Å². The molecular formula is C22H30. The molecule has 0 saturated carbocycles. The third-order valence-corrected chi connectivity index (χ3v) is 4.21. The largest absolute Gasteiger partial charge is 0.120 e. The van der Waals surface area contributed by atoms with E-state index < -0.39 is 0 Å². The number of hydrogen-bond donors (Lipinski definition) is 0. The summed E-state index contributed by atoms with van der Waals surface area (Å²) in [6.45, 7) is 16.0. The molecule has 0 fully saturated rings. The van der Waals surface area contributed by atoms with Crippen molar-refractivity contribution in [3.63, 3.8) is 0 Å². The molecule has 0 heterocycles. The Bertz CT molecular complexity index is 592. The molecule has 0 spiro atoms. The van der Waals surface area contributed by atoms with Gasteiger partial charge in [0.1, 0.15) is 0 Å². The van der Waals surface area contributed by atoms with E-state index in [1.807, 2.05) is 13.0 Å². The molecule has 0 atom stereocenters. The van der Waals surface area contributed by atoms with Crippen molar-refractivity contribution in [1.29, 1.82) is 0 Å². The standard InChI is InChI=1S/C14H22.C8H8/c1-4-7-8-14-10-9-12(5-2)11-13(14)6-3;1-4-8-5-6(2)7(8)3/h9-11H,4-8H2,1-3H3;5H,1,3H2,2H3. The second kappa shape index (κ2) is 9.28. The highest BCUT2D eigenvalue weighted by molar-refractivity contribution is 5.60. The molecule has 118 valence electrons. The first kappa shape index (κ1) is 18.3. The minimum Gasteiger partial charge on any atom is -0.120 e. The summed E-state index contributed by atoms with van der Waals surface area (Å²) in [5.41, 5.74) is 10.7. The lowest BCUT2D eigenvalue weighted by Gasteiger charge is -2.14. The molecule has 22 heavy (non-hydrogen) atoms. The van der Waals surface area contributed by atoms with Crippen LogP contribution in [0.1, 0.15) is 57.2 Å². The van der Waals surface area contributed by atoms with Crippen LogP contribution in [0.5, 0.6) is 0 Å². The number of benzene rings is 1. The average molecular weight is 294 g/mol. The van der Waals surface area contributed by atoms with Gasteiger partial charge in [0.05, 0.1) is 0 Å². The SMILES string of the molecule is C=C=C1C=C(C)C1=C.CCCCc1ccc(CC)cc1CC. The van der Waals surface area contributed by atoms with Gasteiger partial charge in [-0.1, -0.05) is 58.5 Å². The van der Waals surface area contributed by atoms with Gasteiger partial charge in [-0.2, -0.15) is 0 Å². The fraction of sp³-hybridized carbons (Fsp3) is 0.409. The molecule has 0 aromatic heterocycles. The fourth-order valence-corrected chi connectivity index (χ4v) is 2.52. The number of rotatable bonds is 5. The van der Waals surface area contributed by atoms with Crippen molar-refractivity contribution >= 4 is 0 Å². The van der Waals surface area contributed by atoms with Gasteiger partial charge in [0.15, 0.2) is 0 Å². The maximum atomic E-state index is 3.79. The first-order valence-electron chi connectivity index (χ1n) is 8.45. The highest BCUT2D eigenvalue weighted by atomic mass is 14.1. The Labute approximate surface area is 137 Å².